The largest absolute Gasteiger partial charge is 0.325 e. The molecule has 5 heteroatoms. The zero-order valence-electron chi connectivity index (χ0n) is 13.4. The minimum atomic E-state index is -0.379. The summed E-state index contributed by atoms with van der Waals surface area (Å²) >= 11 is 6.15. The first-order chi connectivity index (χ1) is 10.9. The molecule has 0 saturated heterocycles. The van der Waals surface area contributed by atoms with Gasteiger partial charge in [-0.25, -0.2) is 4.39 Å². The number of hydrogen-bond donors (Lipinski definition) is 1. The molecule has 1 atom stereocenters. The molecular formula is C18H20ClFN2O. The van der Waals surface area contributed by atoms with E-state index >= 15 is 0 Å². The molecule has 1 N–H and O–H groups in total. The number of amides is 1. The van der Waals surface area contributed by atoms with E-state index in [1.54, 1.807) is 26.0 Å². The van der Waals surface area contributed by atoms with Gasteiger partial charge < -0.3 is 5.32 Å². The summed E-state index contributed by atoms with van der Waals surface area (Å²) < 4.78 is 13.5. The first-order valence-corrected chi connectivity index (χ1v) is 7.77. The number of halogens is 2. The van der Waals surface area contributed by atoms with Gasteiger partial charge in [0, 0.05) is 17.3 Å². The maximum atomic E-state index is 13.5. The normalized spacial score (nSPS) is 12.3. The van der Waals surface area contributed by atoms with E-state index in [0.29, 0.717) is 22.8 Å². The zero-order valence-corrected chi connectivity index (χ0v) is 14.2. The fraction of sp³-hybridized carbons (Fsp3) is 0.278. The van der Waals surface area contributed by atoms with E-state index in [-0.39, 0.29) is 17.8 Å². The van der Waals surface area contributed by atoms with Crippen LogP contribution in [0.15, 0.2) is 42.5 Å². The molecule has 0 spiro atoms. The highest BCUT2D eigenvalue weighted by Crippen LogP contribution is 2.18. The lowest BCUT2D eigenvalue weighted by Gasteiger charge is -2.24. The second kappa shape index (κ2) is 7.57. The van der Waals surface area contributed by atoms with Crippen LogP contribution in [0, 0.1) is 12.7 Å². The molecule has 23 heavy (non-hydrogen) atoms. The van der Waals surface area contributed by atoms with Crippen LogP contribution >= 0.6 is 11.6 Å². The van der Waals surface area contributed by atoms with Crippen molar-refractivity contribution in [1.29, 1.82) is 0 Å². The molecule has 0 aliphatic heterocycles. The maximum Gasteiger partial charge on any atom is 0.241 e. The van der Waals surface area contributed by atoms with Crippen molar-refractivity contribution in [3.05, 3.63) is 64.4 Å². The predicted molar refractivity (Wildman–Crippen MR) is 92.1 cm³/mol. The lowest BCUT2D eigenvalue weighted by atomic mass is 10.1. The molecule has 3 nitrogen and oxygen atoms in total. The molecule has 0 aliphatic rings. The smallest absolute Gasteiger partial charge is 0.241 e. The molecular weight excluding hydrogens is 315 g/mol. The third-order valence-electron chi connectivity index (χ3n) is 3.86. The van der Waals surface area contributed by atoms with E-state index in [0.717, 1.165) is 5.56 Å². The van der Waals surface area contributed by atoms with E-state index in [2.05, 4.69) is 5.32 Å². The molecule has 0 heterocycles. The first-order valence-electron chi connectivity index (χ1n) is 7.39. The number of hydrogen-bond acceptors (Lipinski definition) is 2. The van der Waals surface area contributed by atoms with Crippen molar-refractivity contribution in [2.75, 3.05) is 12.4 Å². The van der Waals surface area contributed by atoms with Gasteiger partial charge in [-0.15, -0.1) is 0 Å². The molecule has 0 aliphatic carbocycles. The minimum absolute atomic E-state index is 0.192. The molecule has 0 radical (unpaired) electrons. The van der Waals surface area contributed by atoms with Crippen LogP contribution in [0.2, 0.25) is 5.02 Å². The summed E-state index contributed by atoms with van der Waals surface area (Å²) in [4.78, 5) is 14.2. The second-order valence-corrected chi connectivity index (χ2v) is 6.04. The number of carbonyl (C=O) groups excluding carboxylic acids is 1. The predicted octanol–water partition coefficient (Wildman–Crippen LogP) is 4.25. The highest BCUT2D eigenvalue weighted by Gasteiger charge is 2.19. The molecule has 1 amide bonds. The van der Waals surface area contributed by atoms with Gasteiger partial charge in [-0.1, -0.05) is 35.9 Å². The Morgan fingerprint density at radius 2 is 2.00 bits per heavy atom. The molecule has 0 aromatic heterocycles. The summed E-state index contributed by atoms with van der Waals surface area (Å²) in [6.07, 6.45) is 0. The molecule has 2 aromatic rings. The standard InChI is InChI=1S/C18H20ClFN2O/c1-12-8-9-15(10-17(12)20)21-18(23)13(2)22(3)11-14-6-4-5-7-16(14)19/h4-10,13H,11H2,1-3H3,(H,21,23). The van der Waals surface area contributed by atoms with E-state index in [1.807, 2.05) is 36.2 Å². The van der Waals surface area contributed by atoms with Gasteiger partial charge in [0.2, 0.25) is 5.91 Å². The summed E-state index contributed by atoms with van der Waals surface area (Å²) in [6.45, 7) is 4.04. The molecule has 2 rings (SSSR count). The van der Waals surface area contributed by atoms with Crippen LogP contribution in [-0.4, -0.2) is 23.9 Å². The fourth-order valence-corrected chi connectivity index (χ4v) is 2.35. The van der Waals surface area contributed by atoms with Crippen LogP contribution in [0.3, 0.4) is 0 Å². The highest BCUT2D eigenvalue weighted by atomic mass is 35.5. The minimum Gasteiger partial charge on any atom is -0.325 e. The zero-order chi connectivity index (χ0) is 17.0. The van der Waals surface area contributed by atoms with Crippen LogP contribution in [0.5, 0.6) is 0 Å². The van der Waals surface area contributed by atoms with Crippen molar-refractivity contribution < 1.29 is 9.18 Å². The van der Waals surface area contributed by atoms with Gasteiger partial charge in [0.1, 0.15) is 5.82 Å². The van der Waals surface area contributed by atoms with Crippen LogP contribution in [0.4, 0.5) is 10.1 Å². The van der Waals surface area contributed by atoms with Crippen LogP contribution in [0.1, 0.15) is 18.1 Å². The Labute approximate surface area is 141 Å². The van der Waals surface area contributed by atoms with Crippen LogP contribution < -0.4 is 5.32 Å². The third kappa shape index (κ3) is 4.53. The van der Waals surface area contributed by atoms with Gasteiger partial charge in [0.25, 0.3) is 0 Å². The van der Waals surface area contributed by atoms with Crippen molar-refractivity contribution in [2.45, 2.75) is 26.4 Å². The number of carbonyl (C=O) groups is 1. The Kier molecular flexibility index (Phi) is 5.74. The summed E-state index contributed by atoms with van der Waals surface area (Å²) in [5, 5.41) is 3.41. The van der Waals surface area contributed by atoms with Crippen molar-refractivity contribution in [2.24, 2.45) is 0 Å². The molecule has 1 unspecified atom stereocenters. The van der Waals surface area contributed by atoms with Crippen molar-refractivity contribution in [3.8, 4) is 0 Å². The Morgan fingerprint density at radius 1 is 1.30 bits per heavy atom. The first kappa shape index (κ1) is 17.4. The average molecular weight is 335 g/mol. The molecule has 2 aromatic carbocycles. The number of benzene rings is 2. The average Bonchev–Trinajstić information content (AvgIpc) is 2.52. The van der Waals surface area contributed by atoms with E-state index < -0.39 is 0 Å². The van der Waals surface area contributed by atoms with E-state index in [1.165, 1.54) is 6.07 Å². The fourth-order valence-electron chi connectivity index (χ4n) is 2.15. The topological polar surface area (TPSA) is 32.3 Å². The SMILES string of the molecule is Cc1ccc(NC(=O)C(C)N(C)Cc2ccccc2Cl)cc1F. The van der Waals surface area contributed by atoms with Gasteiger partial charge in [0.15, 0.2) is 0 Å². The number of aryl methyl sites for hydroxylation is 1. The van der Waals surface area contributed by atoms with Gasteiger partial charge >= 0.3 is 0 Å². The van der Waals surface area contributed by atoms with Gasteiger partial charge in [-0.2, -0.15) is 0 Å². The van der Waals surface area contributed by atoms with Crippen molar-refractivity contribution >= 4 is 23.2 Å². The molecule has 0 saturated carbocycles. The number of rotatable bonds is 5. The summed E-state index contributed by atoms with van der Waals surface area (Å²) in [5.41, 5.74) is 1.96. The van der Waals surface area contributed by atoms with Crippen molar-refractivity contribution in [3.63, 3.8) is 0 Å². The Morgan fingerprint density at radius 3 is 2.65 bits per heavy atom. The quantitative estimate of drug-likeness (QED) is 0.886. The Balaban J connectivity index is 2.01. The van der Waals surface area contributed by atoms with Gasteiger partial charge in [0.05, 0.1) is 6.04 Å². The lowest BCUT2D eigenvalue weighted by Crippen LogP contribution is -2.39. The van der Waals surface area contributed by atoms with Crippen LogP contribution in [-0.2, 0) is 11.3 Å². The monoisotopic (exact) mass is 334 g/mol. The van der Waals surface area contributed by atoms with Gasteiger partial charge in [-0.05, 0) is 50.2 Å². The summed E-state index contributed by atoms with van der Waals surface area (Å²) in [7, 11) is 1.85. The second-order valence-electron chi connectivity index (χ2n) is 5.64. The van der Waals surface area contributed by atoms with E-state index in [9.17, 15) is 9.18 Å². The molecule has 0 bridgehead atoms. The highest BCUT2D eigenvalue weighted by molar-refractivity contribution is 6.31. The lowest BCUT2D eigenvalue weighted by molar-refractivity contribution is -0.120. The number of likely N-dealkylation sites (N-methyl/N-ethyl adjacent to an activating group) is 1. The number of nitrogens with one attached hydrogen (secondary N) is 1. The molecule has 0 fully saturated rings. The van der Waals surface area contributed by atoms with Crippen LogP contribution in [0.25, 0.3) is 0 Å². The van der Waals surface area contributed by atoms with Gasteiger partial charge in [-0.3, -0.25) is 9.69 Å². The van der Waals surface area contributed by atoms with E-state index in [4.69, 9.17) is 11.6 Å². The Bertz CT molecular complexity index is 705. The number of anilines is 1. The maximum absolute atomic E-state index is 13.5. The summed E-state index contributed by atoms with van der Waals surface area (Å²) in [5.74, 6) is -0.525. The third-order valence-corrected chi connectivity index (χ3v) is 4.23. The Hall–Kier alpha value is -1.91. The summed E-state index contributed by atoms with van der Waals surface area (Å²) in [6, 6.07) is 11.8. The van der Waals surface area contributed by atoms with Crippen molar-refractivity contribution in [1.82, 2.24) is 4.90 Å². The number of nitrogens with zero attached hydrogens (tertiary/aromatic N) is 1. The molecule has 122 valence electrons.